The van der Waals surface area contributed by atoms with Gasteiger partial charge in [0.2, 0.25) is 0 Å². The molecule has 0 spiro atoms. The molecule has 1 aliphatic rings. The lowest BCUT2D eigenvalue weighted by Crippen LogP contribution is -2.32. The highest BCUT2D eigenvalue weighted by molar-refractivity contribution is 5.84. The number of carbonyl (C=O) groups excluding carboxylic acids is 2. The molecule has 0 saturated carbocycles. The Balaban J connectivity index is 2.93. The molecule has 0 bridgehead atoms. The van der Waals surface area contributed by atoms with E-state index in [1.54, 1.807) is 13.8 Å². The number of ether oxygens (including phenoxy) is 2. The Morgan fingerprint density at radius 2 is 1.93 bits per heavy atom. The number of carbonyl (C=O) groups is 2. The Kier molecular flexibility index (Phi) is 3.10. The number of rotatable bonds is 2. The molecule has 14 heavy (non-hydrogen) atoms. The number of cyclic esters (lactones) is 2. The largest absolute Gasteiger partial charge is 0.400 e. The van der Waals surface area contributed by atoms with Crippen molar-refractivity contribution in [1.29, 1.82) is 0 Å². The minimum Gasteiger partial charge on any atom is -0.400 e. The molecule has 1 rings (SSSR count). The van der Waals surface area contributed by atoms with E-state index in [2.05, 4.69) is 9.47 Å². The molecule has 1 atom stereocenters. The van der Waals surface area contributed by atoms with Crippen LogP contribution >= 0.6 is 0 Å². The van der Waals surface area contributed by atoms with Crippen molar-refractivity contribution < 1.29 is 24.2 Å². The maximum Gasteiger partial charge on any atom is 0.362 e. The second-order valence-corrected chi connectivity index (χ2v) is 3.37. The van der Waals surface area contributed by atoms with Gasteiger partial charge in [0.1, 0.15) is 0 Å². The quantitative estimate of drug-likeness (QED) is 0.662. The summed E-state index contributed by atoms with van der Waals surface area (Å²) in [7, 11) is 0. The maximum atomic E-state index is 11.5. The summed E-state index contributed by atoms with van der Waals surface area (Å²) in [5.41, 5.74) is -0.839. The van der Waals surface area contributed by atoms with Gasteiger partial charge in [-0.25, -0.2) is 0 Å². The summed E-state index contributed by atoms with van der Waals surface area (Å²) in [5.74, 6) is -1.17. The molecule has 5 heteroatoms. The predicted molar refractivity (Wildman–Crippen MR) is 45.8 cm³/mol. The van der Waals surface area contributed by atoms with Crippen LogP contribution in [0.5, 0.6) is 0 Å². The molecular weight excluding hydrogens is 188 g/mol. The van der Waals surface area contributed by atoms with Gasteiger partial charge in [-0.2, -0.15) is 0 Å². The monoisotopic (exact) mass is 202 g/mol. The van der Waals surface area contributed by atoms with Crippen LogP contribution in [0.15, 0.2) is 0 Å². The van der Waals surface area contributed by atoms with E-state index in [4.69, 9.17) is 5.11 Å². The Labute approximate surface area is 82.0 Å². The van der Waals surface area contributed by atoms with E-state index in [-0.39, 0.29) is 6.42 Å². The molecule has 1 saturated heterocycles. The summed E-state index contributed by atoms with van der Waals surface area (Å²) in [6.07, 6.45) is 0.949. The molecule has 80 valence electrons. The zero-order chi connectivity index (χ0) is 10.8. The van der Waals surface area contributed by atoms with Crippen LogP contribution in [0.2, 0.25) is 0 Å². The van der Waals surface area contributed by atoms with Gasteiger partial charge in [-0.05, 0) is 12.8 Å². The van der Waals surface area contributed by atoms with Crippen molar-refractivity contribution in [2.24, 2.45) is 5.41 Å². The third-order valence-electron chi connectivity index (χ3n) is 2.71. The first-order valence-electron chi connectivity index (χ1n) is 4.62. The van der Waals surface area contributed by atoms with Crippen LogP contribution in [0.3, 0.4) is 0 Å². The molecule has 1 N–H and O–H groups in total. The normalized spacial score (nSPS) is 26.4. The Hall–Kier alpha value is -1.10. The fourth-order valence-corrected chi connectivity index (χ4v) is 1.53. The maximum absolute atomic E-state index is 11.5. The van der Waals surface area contributed by atoms with E-state index < -0.39 is 23.8 Å². The first kappa shape index (κ1) is 11.0. The van der Waals surface area contributed by atoms with E-state index in [9.17, 15) is 9.59 Å². The van der Waals surface area contributed by atoms with Gasteiger partial charge >= 0.3 is 18.4 Å². The summed E-state index contributed by atoms with van der Waals surface area (Å²) in [6, 6.07) is 0. The molecule has 1 aliphatic heterocycles. The standard InChI is InChI=1S/C9H14O5/c1-3-9(4-2)5-6(10)13-8(12)14-7(9)11/h8,12H,3-5H2,1-2H3. The van der Waals surface area contributed by atoms with Crippen LogP contribution in [0.1, 0.15) is 33.1 Å². The van der Waals surface area contributed by atoms with Crippen LogP contribution in [-0.2, 0) is 19.1 Å². The topological polar surface area (TPSA) is 72.8 Å². The average Bonchev–Trinajstić information content (AvgIpc) is 2.23. The lowest BCUT2D eigenvalue weighted by molar-refractivity contribution is -0.242. The smallest absolute Gasteiger partial charge is 0.362 e. The van der Waals surface area contributed by atoms with E-state index in [1.807, 2.05) is 0 Å². The predicted octanol–water partition coefficient (Wildman–Crippen LogP) is 0.559. The van der Waals surface area contributed by atoms with Gasteiger partial charge in [-0.3, -0.25) is 9.59 Å². The van der Waals surface area contributed by atoms with Crippen LogP contribution in [-0.4, -0.2) is 23.5 Å². The van der Waals surface area contributed by atoms with Crippen LogP contribution in [0.25, 0.3) is 0 Å². The minimum absolute atomic E-state index is 0.0319. The highest BCUT2D eigenvalue weighted by atomic mass is 16.8. The molecule has 1 heterocycles. The van der Waals surface area contributed by atoms with Gasteiger partial charge in [0.15, 0.2) is 0 Å². The second-order valence-electron chi connectivity index (χ2n) is 3.37. The molecule has 0 aromatic carbocycles. The first-order valence-corrected chi connectivity index (χ1v) is 4.62. The molecule has 0 radical (unpaired) electrons. The lowest BCUT2D eigenvalue weighted by Gasteiger charge is -2.24. The third kappa shape index (κ3) is 1.87. The fraction of sp³-hybridized carbons (Fsp3) is 0.778. The van der Waals surface area contributed by atoms with Gasteiger partial charge in [0, 0.05) is 0 Å². The van der Waals surface area contributed by atoms with Gasteiger partial charge < -0.3 is 14.6 Å². The highest BCUT2D eigenvalue weighted by Crippen LogP contribution is 2.34. The molecular formula is C9H14O5. The summed E-state index contributed by atoms with van der Waals surface area (Å²) < 4.78 is 8.97. The van der Waals surface area contributed by atoms with Crippen molar-refractivity contribution in [3.8, 4) is 0 Å². The van der Waals surface area contributed by atoms with E-state index in [0.717, 1.165) is 0 Å². The van der Waals surface area contributed by atoms with Crippen molar-refractivity contribution in [2.45, 2.75) is 39.6 Å². The fourth-order valence-electron chi connectivity index (χ4n) is 1.53. The molecule has 5 nitrogen and oxygen atoms in total. The Morgan fingerprint density at radius 1 is 1.36 bits per heavy atom. The number of hydrogen-bond acceptors (Lipinski definition) is 5. The van der Waals surface area contributed by atoms with E-state index in [0.29, 0.717) is 12.8 Å². The van der Waals surface area contributed by atoms with Crippen molar-refractivity contribution in [3.05, 3.63) is 0 Å². The van der Waals surface area contributed by atoms with Crippen molar-refractivity contribution >= 4 is 11.9 Å². The Morgan fingerprint density at radius 3 is 2.43 bits per heavy atom. The SMILES string of the molecule is CCC1(CC)CC(=O)OC(O)OC1=O. The van der Waals surface area contributed by atoms with Crippen molar-refractivity contribution in [2.75, 3.05) is 0 Å². The second kappa shape index (κ2) is 3.96. The molecule has 0 amide bonds. The number of aliphatic hydroxyl groups is 1. The van der Waals surface area contributed by atoms with Crippen molar-refractivity contribution in [3.63, 3.8) is 0 Å². The first-order chi connectivity index (χ1) is 6.54. The van der Waals surface area contributed by atoms with Gasteiger partial charge in [0.05, 0.1) is 11.8 Å². The van der Waals surface area contributed by atoms with Gasteiger partial charge in [0.25, 0.3) is 0 Å². The highest BCUT2D eigenvalue weighted by Gasteiger charge is 2.43. The zero-order valence-corrected chi connectivity index (χ0v) is 8.28. The molecule has 0 aliphatic carbocycles. The molecule has 0 aromatic heterocycles. The van der Waals surface area contributed by atoms with Crippen LogP contribution in [0.4, 0.5) is 0 Å². The minimum atomic E-state index is -1.75. The van der Waals surface area contributed by atoms with Gasteiger partial charge in [-0.1, -0.05) is 13.8 Å². The third-order valence-corrected chi connectivity index (χ3v) is 2.71. The summed E-state index contributed by atoms with van der Waals surface area (Å²) in [5, 5.41) is 8.97. The summed E-state index contributed by atoms with van der Waals surface area (Å²) >= 11 is 0. The number of aliphatic hydroxyl groups excluding tert-OH is 1. The summed E-state index contributed by atoms with van der Waals surface area (Å²) in [6.45, 7) is 1.85. The molecule has 0 aromatic rings. The van der Waals surface area contributed by atoms with Crippen LogP contribution < -0.4 is 0 Å². The number of esters is 2. The van der Waals surface area contributed by atoms with E-state index >= 15 is 0 Å². The summed E-state index contributed by atoms with van der Waals surface area (Å²) in [4.78, 5) is 22.7. The molecule has 1 unspecified atom stereocenters. The van der Waals surface area contributed by atoms with Crippen LogP contribution in [0, 0.1) is 5.41 Å². The van der Waals surface area contributed by atoms with Gasteiger partial charge in [-0.15, -0.1) is 0 Å². The van der Waals surface area contributed by atoms with E-state index in [1.165, 1.54) is 0 Å². The molecule has 1 fully saturated rings. The zero-order valence-electron chi connectivity index (χ0n) is 8.28. The van der Waals surface area contributed by atoms with Crippen molar-refractivity contribution in [1.82, 2.24) is 0 Å². The number of hydrogen-bond donors (Lipinski definition) is 1. The average molecular weight is 202 g/mol. The lowest BCUT2D eigenvalue weighted by atomic mass is 9.79. The Bertz CT molecular complexity index is 244.